The van der Waals surface area contributed by atoms with Crippen LogP contribution in [0.3, 0.4) is 0 Å². The predicted molar refractivity (Wildman–Crippen MR) is 136 cm³/mol. The molecular formula is C24H20FN7O4S. The standard InChI is InChI=1S/C24H20FN7O4S/c1-37(34,35)31-13-14(36-20-9-5-4-8-19(20)31)10-26-24-27-11-15-21-16(12-28-30-21)23(33)32(22(15)29-24)18-7-3-2-6-17(18)25/h2-9,11-12,14H,10,13H2,1H3,(H,28,30)(H,26,27,29)/t14-/m0/s1. The zero-order valence-corrected chi connectivity index (χ0v) is 20.2. The van der Waals surface area contributed by atoms with Crippen LogP contribution in [-0.2, 0) is 10.0 Å². The Morgan fingerprint density at radius 2 is 1.86 bits per heavy atom. The summed E-state index contributed by atoms with van der Waals surface area (Å²) >= 11 is 0. The van der Waals surface area contributed by atoms with Crippen LogP contribution in [-0.4, -0.2) is 58.6 Å². The van der Waals surface area contributed by atoms with Crippen LogP contribution in [0, 0.1) is 5.82 Å². The number of H-pyrrole nitrogens is 1. The van der Waals surface area contributed by atoms with E-state index in [4.69, 9.17) is 4.74 Å². The van der Waals surface area contributed by atoms with Crippen molar-refractivity contribution in [1.82, 2.24) is 24.7 Å². The quantitative estimate of drug-likeness (QED) is 0.360. The van der Waals surface area contributed by atoms with E-state index in [1.165, 1.54) is 39.5 Å². The molecule has 0 saturated heterocycles. The molecule has 11 nitrogen and oxygen atoms in total. The van der Waals surface area contributed by atoms with E-state index in [1.807, 2.05) is 0 Å². The maximum Gasteiger partial charge on any atom is 0.267 e. The summed E-state index contributed by atoms with van der Waals surface area (Å²) in [7, 11) is -3.53. The van der Waals surface area contributed by atoms with Gasteiger partial charge in [-0.3, -0.25) is 18.8 Å². The highest BCUT2D eigenvalue weighted by Gasteiger charge is 2.31. The summed E-state index contributed by atoms with van der Waals surface area (Å²) in [4.78, 5) is 22.2. The van der Waals surface area contributed by atoms with Crippen LogP contribution in [0.25, 0.3) is 27.6 Å². The average molecular weight is 522 g/mol. The van der Waals surface area contributed by atoms with Crippen LogP contribution in [0.15, 0.2) is 65.7 Å². The number of nitrogens with zero attached hydrogens (tertiary/aromatic N) is 5. The first-order valence-corrected chi connectivity index (χ1v) is 13.1. The number of aromatic amines is 1. The minimum absolute atomic E-state index is 0.0428. The smallest absolute Gasteiger partial charge is 0.267 e. The normalized spacial score (nSPS) is 15.5. The Hall–Kier alpha value is -4.52. The number of benzene rings is 2. The summed E-state index contributed by atoms with van der Waals surface area (Å²) in [6, 6.07) is 12.8. The van der Waals surface area contributed by atoms with Crippen molar-refractivity contribution in [3.05, 3.63) is 77.1 Å². The van der Waals surface area contributed by atoms with Crippen molar-refractivity contribution in [2.45, 2.75) is 6.10 Å². The molecule has 1 aliphatic rings. The van der Waals surface area contributed by atoms with Crippen molar-refractivity contribution >= 4 is 43.6 Å². The van der Waals surface area contributed by atoms with Crippen LogP contribution in [0.1, 0.15) is 0 Å². The summed E-state index contributed by atoms with van der Waals surface area (Å²) in [5.41, 5.74) is 0.649. The topological polar surface area (TPSA) is 135 Å². The van der Waals surface area contributed by atoms with Crippen molar-refractivity contribution in [3.63, 3.8) is 0 Å². The van der Waals surface area contributed by atoms with Gasteiger partial charge in [0.25, 0.3) is 5.56 Å². The van der Waals surface area contributed by atoms with E-state index in [0.29, 0.717) is 22.3 Å². The lowest BCUT2D eigenvalue weighted by Crippen LogP contribution is -2.46. The minimum Gasteiger partial charge on any atom is -0.484 e. The fraction of sp³-hybridized carbons (Fsp3) is 0.167. The molecule has 0 amide bonds. The van der Waals surface area contributed by atoms with Crippen molar-refractivity contribution in [2.24, 2.45) is 0 Å². The van der Waals surface area contributed by atoms with Crippen LogP contribution >= 0.6 is 0 Å². The predicted octanol–water partition coefficient (Wildman–Crippen LogP) is 2.44. The van der Waals surface area contributed by atoms with Gasteiger partial charge < -0.3 is 10.1 Å². The van der Waals surface area contributed by atoms with E-state index in [2.05, 4.69) is 25.5 Å². The SMILES string of the molecule is CS(=O)(=O)N1C[C@H](CNc2ncc3c4[nH]ncc4c(=O)n(-c4ccccc4F)c3n2)Oc2ccccc21. The van der Waals surface area contributed by atoms with Crippen LogP contribution in [0.2, 0.25) is 0 Å². The Balaban J connectivity index is 1.38. The highest BCUT2D eigenvalue weighted by Crippen LogP contribution is 2.34. The second kappa shape index (κ2) is 8.55. The van der Waals surface area contributed by atoms with E-state index in [9.17, 15) is 17.6 Å². The fourth-order valence-electron chi connectivity index (χ4n) is 4.42. The van der Waals surface area contributed by atoms with E-state index in [-0.39, 0.29) is 35.8 Å². The number of sulfonamides is 1. The molecule has 5 aromatic rings. The lowest BCUT2D eigenvalue weighted by Gasteiger charge is -2.34. The highest BCUT2D eigenvalue weighted by molar-refractivity contribution is 7.92. The van der Waals surface area contributed by atoms with Crippen LogP contribution < -0.4 is 19.9 Å². The molecule has 0 aliphatic carbocycles. The molecule has 0 spiro atoms. The van der Waals surface area contributed by atoms with Gasteiger partial charge in [-0.2, -0.15) is 10.1 Å². The molecule has 0 unspecified atom stereocenters. The Kier molecular flexibility index (Phi) is 5.30. The van der Waals surface area contributed by atoms with Crippen molar-refractivity contribution in [3.8, 4) is 11.4 Å². The van der Waals surface area contributed by atoms with Crippen LogP contribution in [0.5, 0.6) is 5.75 Å². The summed E-state index contributed by atoms with van der Waals surface area (Å²) < 4.78 is 48.0. The molecule has 1 aliphatic heterocycles. The number of rotatable bonds is 5. The Morgan fingerprint density at radius 3 is 2.65 bits per heavy atom. The molecule has 1 atom stereocenters. The number of nitrogens with one attached hydrogen (secondary N) is 2. The molecular weight excluding hydrogens is 501 g/mol. The Labute approximate surface area is 209 Å². The zero-order chi connectivity index (χ0) is 25.7. The maximum absolute atomic E-state index is 14.7. The molecule has 0 saturated carbocycles. The molecule has 0 bridgehead atoms. The number of para-hydroxylation sites is 3. The number of hydrogen-bond acceptors (Lipinski definition) is 8. The molecule has 6 rings (SSSR count). The van der Waals surface area contributed by atoms with Crippen molar-refractivity contribution < 1.29 is 17.5 Å². The van der Waals surface area contributed by atoms with Gasteiger partial charge in [0.15, 0.2) is 5.65 Å². The number of hydrogen-bond donors (Lipinski definition) is 2. The summed E-state index contributed by atoms with van der Waals surface area (Å²) in [6.45, 7) is 0.257. The third kappa shape index (κ3) is 3.93. The third-order valence-electron chi connectivity index (χ3n) is 6.10. The van der Waals surface area contributed by atoms with Gasteiger partial charge >= 0.3 is 0 Å². The van der Waals surface area contributed by atoms with Crippen LogP contribution in [0.4, 0.5) is 16.0 Å². The monoisotopic (exact) mass is 521 g/mol. The molecule has 3 aromatic heterocycles. The van der Waals surface area contributed by atoms with E-state index in [0.717, 1.165) is 6.26 Å². The second-order valence-electron chi connectivity index (χ2n) is 8.56. The maximum atomic E-state index is 14.7. The number of halogens is 1. The van der Waals surface area contributed by atoms with E-state index >= 15 is 0 Å². The second-order valence-corrected chi connectivity index (χ2v) is 10.5. The molecule has 2 aromatic carbocycles. The fourth-order valence-corrected chi connectivity index (χ4v) is 5.37. The number of aromatic nitrogens is 5. The van der Waals surface area contributed by atoms with Gasteiger partial charge in [0.05, 0.1) is 53.2 Å². The largest absolute Gasteiger partial charge is 0.484 e. The molecule has 37 heavy (non-hydrogen) atoms. The number of pyridine rings is 1. The van der Waals surface area contributed by atoms with Gasteiger partial charge in [-0.05, 0) is 24.3 Å². The number of fused-ring (bicyclic) bond motifs is 4. The molecule has 2 N–H and O–H groups in total. The van der Waals surface area contributed by atoms with Crippen molar-refractivity contribution in [2.75, 3.05) is 29.0 Å². The molecule has 0 radical (unpaired) electrons. The molecule has 188 valence electrons. The number of anilines is 2. The molecule has 0 fully saturated rings. The first kappa shape index (κ1) is 22.9. The molecule has 13 heteroatoms. The summed E-state index contributed by atoms with van der Waals surface area (Å²) in [5.74, 6) is 0.0154. The van der Waals surface area contributed by atoms with Gasteiger partial charge in [-0.15, -0.1) is 0 Å². The van der Waals surface area contributed by atoms with E-state index in [1.54, 1.807) is 30.3 Å². The lowest BCUT2D eigenvalue weighted by atomic mass is 10.2. The van der Waals surface area contributed by atoms with Gasteiger partial charge in [0, 0.05) is 6.20 Å². The Morgan fingerprint density at radius 1 is 1.11 bits per heavy atom. The van der Waals surface area contributed by atoms with Gasteiger partial charge in [0.1, 0.15) is 17.7 Å². The third-order valence-corrected chi connectivity index (χ3v) is 7.25. The van der Waals surface area contributed by atoms with Gasteiger partial charge in [0.2, 0.25) is 16.0 Å². The first-order chi connectivity index (χ1) is 17.8. The first-order valence-electron chi connectivity index (χ1n) is 11.3. The summed E-state index contributed by atoms with van der Waals surface area (Å²) in [5, 5.41) is 10.6. The lowest BCUT2D eigenvalue weighted by molar-refractivity contribution is 0.212. The zero-order valence-electron chi connectivity index (χ0n) is 19.4. The Bertz CT molecular complexity index is 1840. The summed E-state index contributed by atoms with van der Waals surface area (Å²) in [6.07, 6.45) is 3.49. The molecule has 4 heterocycles. The number of ether oxygens (including phenoxy) is 1. The van der Waals surface area contributed by atoms with E-state index < -0.39 is 27.5 Å². The van der Waals surface area contributed by atoms with Crippen molar-refractivity contribution in [1.29, 1.82) is 0 Å². The van der Waals surface area contributed by atoms with Gasteiger partial charge in [-0.1, -0.05) is 24.3 Å². The minimum atomic E-state index is -3.53. The van der Waals surface area contributed by atoms with Gasteiger partial charge in [-0.25, -0.2) is 17.8 Å². The highest BCUT2D eigenvalue weighted by atomic mass is 32.2. The average Bonchev–Trinajstić information content (AvgIpc) is 3.38.